The van der Waals surface area contributed by atoms with Gasteiger partial charge in [-0.05, 0) is 73.8 Å². The van der Waals surface area contributed by atoms with E-state index in [0.717, 1.165) is 44.8 Å². The average Bonchev–Trinajstić information content (AvgIpc) is 2.93. The summed E-state index contributed by atoms with van der Waals surface area (Å²) in [5, 5.41) is 3.09. The number of piperazine rings is 1. The zero-order valence-corrected chi connectivity index (χ0v) is 21.3. The first-order valence-corrected chi connectivity index (χ1v) is 12.9. The zero-order chi connectivity index (χ0) is 25.1. The number of nitrogens with one attached hydrogen (secondary N) is 1. The van der Waals surface area contributed by atoms with E-state index in [0.29, 0.717) is 44.0 Å². The molecule has 36 heavy (non-hydrogen) atoms. The second kappa shape index (κ2) is 10.9. The Kier molecular flexibility index (Phi) is 7.43. The summed E-state index contributed by atoms with van der Waals surface area (Å²) < 4.78 is 11.0. The van der Waals surface area contributed by atoms with Gasteiger partial charge in [-0.15, -0.1) is 0 Å². The topological polar surface area (TPSA) is 74.4 Å². The van der Waals surface area contributed by atoms with Crippen LogP contribution in [0.5, 0.6) is 5.75 Å². The Morgan fingerprint density at radius 2 is 1.67 bits per heavy atom. The highest BCUT2D eigenvalue weighted by atomic mass is 16.5. The van der Waals surface area contributed by atoms with E-state index >= 15 is 0 Å². The van der Waals surface area contributed by atoms with Crippen LogP contribution in [0.15, 0.2) is 36.4 Å². The van der Waals surface area contributed by atoms with Crippen molar-refractivity contribution in [1.82, 2.24) is 9.80 Å². The van der Waals surface area contributed by atoms with Crippen molar-refractivity contribution in [2.75, 3.05) is 76.9 Å². The van der Waals surface area contributed by atoms with E-state index in [1.54, 1.807) is 19.2 Å². The van der Waals surface area contributed by atoms with Crippen LogP contribution in [-0.4, -0.2) is 88.3 Å². The molecule has 0 radical (unpaired) electrons. The lowest BCUT2D eigenvalue weighted by molar-refractivity contribution is -0.120. The van der Waals surface area contributed by atoms with Gasteiger partial charge in [0.05, 0.1) is 20.3 Å². The fourth-order valence-electron chi connectivity index (χ4n) is 5.48. The van der Waals surface area contributed by atoms with Gasteiger partial charge >= 0.3 is 0 Å². The summed E-state index contributed by atoms with van der Waals surface area (Å²) >= 11 is 0. The maximum absolute atomic E-state index is 13.3. The maximum atomic E-state index is 13.3. The van der Waals surface area contributed by atoms with E-state index in [1.807, 2.05) is 17.0 Å². The number of carbonyl (C=O) groups excluding carboxylic acids is 2. The molecule has 0 saturated carbocycles. The maximum Gasteiger partial charge on any atom is 0.254 e. The van der Waals surface area contributed by atoms with Crippen LogP contribution in [0.25, 0.3) is 0 Å². The quantitative estimate of drug-likeness (QED) is 0.692. The molecule has 2 heterocycles. The number of fused-ring (bicyclic) bond motifs is 1. The number of hydrogen-bond donors (Lipinski definition) is 1. The molecule has 2 aromatic rings. The molecule has 2 fully saturated rings. The highest BCUT2D eigenvalue weighted by Crippen LogP contribution is 2.39. The van der Waals surface area contributed by atoms with E-state index in [4.69, 9.17) is 9.47 Å². The Hall–Kier alpha value is -3.10. The normalized spacial score (nSPS) is 20.6. The van der Waals surface area contributed by atoms with E-state index in [1.165, 1.54) is 16.8 Å². The molecule has 5 rings (SSSR count). The number of methoxy groups -OCH3 is 1. The van der Waals surface area contributed by atoms with E-state index < -0.39 is 0 Å². The van der Waals surface area contributed by atoms with Crippen LogP contribution >= 0.6 is 0 Å². The van der Waals surface area contributed by atoms with Crippen LogP contribution in [-0.2, 0) is 22.4 Å². The minimum atomic E-state index is -0.106. The first-order chi connectivity index (χ1) is 17.5. The molecular weight excluding hydrogens is 456 g/mol. The lowest BCUT2D eigenvalue weighted by atomic mass is 9.81. The number of rotatable bonds is 5. The van der Waals surface area contributed by atoms with Gasteiger partial charge in [0.25, 0.3) is 5.91 Å². The molecule has 1 aliphatic carbocycles. The predicted molar refractivity (Wildman–Crippen MR) is 140 cm³/mol. The number of nitrogens with zero attached hydrogens (tertiary/aromatic N) is 3. The Labute approximate surface area is 213 Å². The van der Waals surface area contributed by atoms with Gasteiger partial charge in [0.2, 0.25) is 5.91 Å². The molecule has 1 atom stereocenters. The van der Waals surface area contributed by atoms with Crippen LogP contribution in [0.3, 0.4) is 0 Å². The number of benzene rings is 2. The average molecular weight is 493 g/mol. The summed E-state index contributed by atoms with van der Waals surface area (Å²) in [5.41, 5.74) is 5.07. The summed E-state index contributed by atoms with van der Waals surface area (Å²) in [6.45, 7) is 6.43. The van der Waals surface area contributed by atoms with Crippen molar-refractivity contribution >= 4 is 23.2 Å². The summed E-state index contributed by atoms with van der Waals surface area (Å²) in [6, 6.07) is 11.5. The second-order valence-electron chi connectivity index (χ2n) is 9.95. The van der Waals surface area contributed by atoms with Crippen LogP contribution in [0, 0.1) is 5.92 Å². The Morgan fingerprint density at radius 1 is 0.944 bits per heavy atom. The van der Waals surface area contributed by atoms with Gasteiger partial charge < -0.3 is 29.5 Å². The number of ether oxygens (including phenoxy) is 2. The summed E-state index contributed by atoms with van der Waals surface area (Å²) in [7, 11) is 3.88. The Morgan fingerprint density at radius 3 is 2.36 bits per heavy atom. The van der Waals surface area contributed by atoms with Crippen molar-refractivity contribution in [3.63, 3.8) is 0 Å². The minimum absolute atomic E-state index is 0.00504. The largest absolute Gasteiger partial charge is 0.496 e. The van der Waals surface area contributed by atoms with Gasteiger partial charge in [0.1, 0.15) is 5.75 Å². The molecule has 3 aliphatic rings. The Balaban J connectivity index is 1.27. The van der Waals surface area contributed by atoms with Crippen LogP contribution in [0.1, 0.15) is 27.9 Å². The van der Waals surface area contributed by atoms with Crippen molar-refractivity contribution in [3.8, 4) is 5.75 Å². The SMILES string of the molecule is COc1ccc(N2CCN(C)CC2)c2c1CCC(C(=O)Nc1ccc(C(=O)N3CCOCC3)cc1)C2. The van der Waals surface area contributed by atoms with E-state index in [2.05, 4.69) is 34.3 Å². The van der Waals surface area contributed by atoms with Crippen molar-refractivity contribution in [2.45, 2.75) is 19.3 Å². The van der Waals surface area contributed by atoms with Crippen LogP contribution in [0.4, 0.5) is 11.4 Å². The molecule has 2 saturated heterocycles. The number of anilines is 2. The number of carbonyl (C=O) groups is 2. The fourth-order valence-corrected chi connectivity index (χ4v) is 5.48. The summed E-state index contributed by atoms with van der Waals surface area (Å²) in [5.74, 6) is 0.846. The molecule has 8 nitrogen and oxygen atoms in total. The summed E-state index contributed by atoms with van der Waals surface area (Å²) in [6.07, 6.45) is 2.31. The molecular formula is C28H36N4O4. The standard InChI is InChI=1S/C28H36N4O4/c1-30-11-13-31(14-12-30)25-9-10-26(35-2)23-8-5-21(19-24(23)25)27(33)29-22-6-3-20(4-7-22)28(34)32-15-17-36-18-16-32/h3-4,6-7,9-10,21H,5,8,11-19H2,1-2H3,(H,29,33). The Bertz CT molecular complexity index is 1090. The van der Waals surface area contributed by atoms with Gasteiger partial charge in [-0.1, -0.05) is 0 Å². The smallest absolute Gasteiger partial charge is 0.254 e. The first kappa shape index (κ1) is 24.6. The third-order valence-corrected chi connectivity index (χ3v) is 7.69. The van der Waals surface area contributed by atoms with Gasteiger partial charge in [0.15, 0.2) is 0 Å². The molecule has 1 N–H and O–H groups in total. The lowest BCUT2D eigenvalue weighted by Crippen LogP contribution is -2.45. The molecule has 2 amide bonds. The van der Waals surface area contributed by atoms with E-state index in [9.17, 15) is 9.59 Å². The van der Waals surface area contributed by atoms with Crippen molar-refractivity contribution in [1.29, 1.82) is 0 Å². The minimum Gasteiger partial charge on any atom is -0.496 e. The van der Waals surface area contributed by atoms with Crippen molar-refractivity contribution in [2.24, 2.45) is 5.92 Å². The molecule has 0 aromatic heterocycles. The van der Waals surface area contributed by atoms with Crippen molar-refractivity contribution in [3.05, 3.63) is 53.1 Å². The summed E-state index contributed by atoms with van der Waals surface area (Å²) in [4.78, 5) is 32.6. The number of hydrogen-bond acceptors (Lipinski definition) is 6. The number of amides is 2. The zero-order valence-electron chi connectivity index (χ0n) is 21.3. The van der Waals surface area contributed by atoms with Gasteiger partial charge in [0, 0.05) is 62.1 Å². The number of morpholine rings is 1. The molecule has 2 aromatic carbocycles. The second-order valence-corrected chi connectivity index (χ2v) is 9.95. The molecule has 8 heteroatoms. The molecule has 2 aliphatic heterocycles. The molecule has 1 unspecified atom stereocenters. The monoisotopic (exact) mass is 492 g/mol. The first-order valence-electron chi connectivity index (χ1n) is 12.9. The number of likely N-dealkylation sites (N-methyl/N-ethyl adjacent to an activating group) is 1. The van der Waals surface area contributed by atoms with Gasteiger partial charge in [-0.2, -0.15) is 0 Å². The third-order valence-electron chi connectivity index (χ3n) is 7.69. The van der Waals surface area contributed by atoms with Gasteiger partial charge in [-0.25, -0.2) is 0 Å². The van der Waals surface area contributed by atoms with Crippen molar-refractivity contribution < 1.29 is 19.1 Å². The van der Waals surface area contributed by atoms with Crippen LogP contribution in [0.2, 0.25) is 0 Å². The molecule has 192 valence electrons. The van der Waals surface area contributed by atoms with Crippen LogP contribution < -0.4 is 15.0 Å². The molecule has 0 spiro atoms. The van der Waals surface area contributed by atoms with Gasteiger partial charge in [-0.3, -0.25) is 9.59 Å². The fraction of sp³-hybridized carbons (Fsp3) is 0.500. The lowest BCUT2D eigenvalue weighted by Gasteiger charge is -2.37. The third kappa shape index (κ3) is 5.20. The highest BCUT2D eigenvalue weighted by molar-refractivity contribution is 5.96. The molecule has 0 bridgehead atoms. The van der Waals surface area contributed by atoms with E-state index in [-0.39, 0.29) is 17.7 Å². The highest BCUT2D eigenvalue weighted by Gasteiger charge is 2.30. The predicted octanol–water partition coefficient (Wildman–Crippen LogP) is 2.66.